The van der Waals surface area contributed by atoms with Crippen molar-refractivity contribution in [2.75, 3.05) is 27.4 Å². The maximum atomic E-state index is 12.7. The van der Waals surface area contributed by atoms with E-state index in [1.165, 1.54) is 77.0 Å². The SMILES string of the molecule is CCCCCCCCC(CCCCCCCC)C(=O)OC[N+](C)(C)CCC. The lowest BCUT2D eigenvalue weighted by molar-refractivity contribution is -0.907. The van der Waals surface area contributed by atoms with Crippen molar-refractivity contribution in [2.24, 2.45) is 5.92 Å². The van der Waals surface area contributed by atoms with Crippen molar-refractivity contribution in [3.8, 4) is 0 Å². The van der Waals surface area contributed by atoms with Crippen molar-refractivity contribution < 1.29 is 14.0 Å². The topological polar surface area (TPSA) is 26.3 Å². The Labute approximate surface area is 170 Å². The van der Waals surface area contributed by atoms with E-state index in [0.29, 0.717) is 6.73 Å². The van der Waals surface area contributed by atoms with Crippen LogP contribution >= 0.6 is 0 Å². The molecular formula is C24H50NO2+. The summed E-state index contributed by atoms with van der Waals surface area (Å²) < 4.78 is 6.51. The van der Waals surface area contributed by atoms with E-state index in [1.54, 1.807) is 0 Å². The van der Waals surface area contributed by atoms with E-state index in [-0.39, 0.29) is 11.9 Å². The molecule has 3 heteroatoms. The van der Waals surface area contributed by atoms with Crippen LogP contribution in [0.3, 0.4) is 0 Å². The molecular weight excluding hydrogens is 334 g/mol. The van der Waals surface area contributed by atoms with Crippen molar-refractivity contribution in [2.45, 2.75) is 117 Å². The highest BCUT2D eigenvalue weighted by atomic mass is 16.5. The maximum Gasteiger partial charge on any atom is 0.313 e. The molecule has 0 aromatic heterocycles. The van der Waals surface area contributed by atoms with E-state index in [1.807, 2.05) is 0 Å². The van der Waals surface area contributed by atoms with Crippen molar-refractivity contribution in [3.05, 3.63) is 0 Å². The molecule has 0 aliphatic rings. The van der Waals surface area contributed by atoms with Crippen LogP contribution < -0.4 is 0 Å². The molecule has 0 aromatic carbocycles. The zero-order chi connectivity index (χ0) is 20.4. The molecule has 0 unspecified atom stereocenters. The number of hydrogen-bond donors (Lipinski definition) is 0. The van der Waals surface area contributed by atoms with Crippen molar-refractivity contribution in [1.82, 2.24) is 0 Å². The predicted octanol–water partition coefficient (Wildman–Crippen LogP) is 7.09. The number of rotatable bonds is 19. The highest BCUT2D eigenvalue weighted by molar-refractivity contribution is 5.72. The van der Waals surface area contributed by atoms with Crippen molar-refractivity contribution >= 4 is 5.97 Å². The van der Waals surface area contributed by atoms with E-state index in [9.17, 15) is 4.79 Å². The monoisotopic (exact) mass is 384 g/mol. The summed E-state index contributed by atoms with van der Waals surface area (Å²) in [5.74, 6) is 0.170. The number of unbranched alkanes of at least 4 members (excludes halogenated alkanes) is 10. The van der Waals surface area contributed by atoms with Crippen LogP contribution in [0.15, 0.2) is 0 Å². The number of ether oxygens (including phenoxy) is 1. The molecule has 0 heterocycles. The summed E-state index contributed by atoms with van der Waals surface area (Å²) >= 11 is 0. The molecule has 0 saturated carbocycles. The number of hydrogen-bond acceptors (Lipinski definition) is 2. The minimum absolute atomic E-state index is 0.0550. The summed E-state index contributed by atoms with van der Waals surface area (Å²) in [5, 5.41) is 0. The van der Waals surface area contributed by atoms with Crippen molar-refractivity contribution in [1.29, 1.82) is 0 Å². The molecule has 0 bridgehead atoms. The van der Waals surface area contributed by atoms with Crippen LogP contribution in [-0.4, -0.2) is 37.8 Å². The Morgan fingerprint density at radius 2 is 1.15 bits per heavy atom. The lowest BCUT2D eigenvalue weighted by atomic mass is 9.94. The molecule has 0 atom stereocenters. The van der Waals surface area contributed by atoms with Gasteiger partial charge in [-0.25, -0.2) is 0 Å². The van der Waals surface area contributed by atoms with Crippen LogP contribution in [-0.2, 0) is 9.53 Å². The van der Waals surface area contributed by atoms with Crippen LogP contribution in [0.25, 0.3) is 0 Å². The van der Waals surface area contributed by atoms with Gasteiger partial charge in [-0.2, -0.15) is 0 Å². The molecule has 0 amide bonds. The number of nitrogens with zero attached hydrogens (tertiary/aromatic N) is 1. The second kappa shape index (κ2) is 17.5. The Balaban J connectivity index is 4.28. The third kappa shape index (κ3) is 16.1. The molecule has 0 fully saturated rings. The molecule has 162 valence electrons. The Kier molecular flexibility index (Phi) is 17.2. The standard InChI is InChI=1S/C24H50NO2/c1-6-9-11-13-15-17-19-23(20-18-16-14-12-10-7-2)24(26)27-22-25(4,5)21-8-3/h23H,6-22H2,1-5H3/q+1. The Morgan fingerprint density at radius 1 is 0.704 bits per heavy atom. The van der Waals surface area contributed by atoms with E-state index in [4.69, 9.17) is 4.74 Å². The maximum absolute atomic E-state index is 12.7. The summed E-state index contributed by atoms with van der Waals surface area (Å²) in [6, 6.07) is 0. The molecule has 0 aliphatic carbocycles. The van der Waals surface area contributed by atoms with Crippen LogP contribution in [0.5, 0.6) is 0 Å². The van der Waals surface area contributed by atoms with Gasteiger partial charge in [0, 0.05) is 0 Å². The third-order valence-corrected chi connectivity index (χ3v) is 5.53. The van der Waals surface area contributed by atoms with Gasteiger partial charge >= 0.3 is 5.97 Å². The van der Waals surface area contributed by atoms with Gasteiger partial charge < -0.3 is 4.74 Å². The molecule has 0 saturated heterocycles. The molecule has 0 rings (SSSR count). The largest absolute Gasteiger partial charge is 0.415 e. The summed E-state index contributed by atoms with van der Waals surface area (Å²) in [6.07, 6.45) is 18.6. The smallest absolute Gasteiger partial charge is 0.313 e. The second-order valence-electron chi connectivity index (χ2n) is 9.06. The normalized spacial score (nSPS) is 11.9. The van der Waals surface area contributed by atoms with Crippen molar-refractivity contribution in [3.63, 3.8) is 0 Å². The van der Waals surface area contributed by atoms with Gasteiger partial charge in [-0.3, -0.25) is 9.28 Å². The Morgan fingerprint density at radius 3 is 1.59 bits per heavy atom. The zero-order valence-electron chi connectivity index (χ0n) is 19.4. The van der Waals surface area contributed by atoms with E-state index in [2.05, 4.69) is 34.9 Å². The Hall–Kier alpha value is -0.570. The predicted molar refractivity (Wildman–Crippen MR) is 118 cm³/mol. The molecule has 0 aromatic rings. The lowest BCUT2D eigenvalue weighted by Crippen LogP contribution is -2.43. The minimum Gasteiger partial charge on any atom is -0.415 e. The van der Waals surface area contributed by atoms with Gasteiger partial charge in [0.05, 0.1) is 26.6 Å². The fourth-order valence-corrected chi connectivity index (χ4v) is 3.75. The number of carbonyl (C=O) groups excluding carboxylic acids is 1. The molecule has 3 nitrogen and oxygen atoms in total. The first-order chi connectivity index (χ1) is 13.0. The van der Waals surface area contributed by atoms with Gasteiger partial charge in [0.15, 0.2) is 0 Å². The Bertz CT molecular complexity index is 325. The average molecular weight is 385 g/mol. The molecule has 0 radical (unpaired) electrons. The first kappa shape index (κ1) is 26.4. The third-order valence-electron chi connectivity index (χ3n) is 5.53. The second-order valence-corrected chi connectivity index (χ2v) is 9.06. The van der Waals surface area contributed by atoms with Gasteiger partial charge in [0.1, 0.15) is 0 Å². The van der Waals surface area contributed by atoms with Crippen LogP contribution in [0.4, 0.5) is 0 Å². The van der Waals surface area contributed by atoms with Crippen LogP contribution in [0, 0.1) is 5.92 Å². The fourth-order valence-electron chi connectivity index (χ4n) is 3.75. The summed E-state index contributed by atoms with van der Waals surface area (Å²) in [6.45, 7) is 8.25. The highest BCUT2D eigenvalue weighted by Crippen LogP contribution is 2.21. The molecule has 27 heavy (non-hydrogen) atoms. The van der Waals surface area contributed by atoms with Gasteiger partial charge in [-0.1, -0.05) is 97.8 Å². The van der Waals surface area contributed by atoms with E-state index in [0.717, 1.165) is 30.3 Å². The van der Waals surface area contributed by atoms with Gasteiger partial charge in [0.25, 0.3) is 0 Å². The van der Waals surface area contributed by atoms with Crippen LogP contribution in [0.2, 0.25) is 0 Å². The molecule has 0 aliphatic heterocycles. The number of quaternary nitrogens is 1. The first-order valence-corrected chi connectivity index (χ1v) is 12.0. The van der Waals surface area contributed by atoms with Gasteiger partial charge in [-0.15, -0.1) is 0 Å². The number of carbonyl (C=O) groups is 1. The zero-order valence-corrected chi connectivity index (χ0v) is 19.4. The van der Waals surface area contributed by atoms with E-state index < -0.39 is 0 Å². The molecule has 0 N–H and O–H groups in total. The van der Waals surface area contributed by atoms with Gasteiger partial charge in [0.2, 0.25) is 6.73 Å². The summed E-state index contributed by atoms with van der Waals surface area (Å²) in [5.41, 5.74) is 0. The summed E-state index contributed by atoms with van der Waals surface area (Å²) in [7, 11) is 4.29. The summed E-state index contributed by atoms with van der Waals surface area (Å²) in [4.78, 5) is 12.7. The first-order valence-electron chi connectivity index (χ1n) is 12.0. The minimum atomic E-state index is 0.0550. The van der Waals surface area contributed by atoms with E-state index >= 15 is 0 Å². The highest BCUT2D eigenvalue weighted by Gasteiger charge is 2.23. The number of esters is 1. The lowest BCUT2D eigenvalue weighted by Gasteiger charge is -2.29. The van der Waals surface area contributed by atoms with Gasteiger partial charge in [-0.05, 0) is 19.3 Å². The van der Waals surface area contributed by atoms with Crippen LogP contribution in [0.1, 0.15) is 117 Å². The average Bonchev–Trinajstić information content (AvgIpc) is 2.63. The fraction of sp³-hybridized carbons (Fsp3) is 0.958. The molecule has 0 spiro atoms. The quantitative estimate of drug-likeness (QED) is 0.103.